The van der Waals surface area contributed by atoms with Gasteiger partial charge in [0.15, 0.2) is 0 Å². The minimum absolute atomic E-state index is 0.164. The summed E-state index contributed by atoms with van der Waals surface area (Å²) >= 11 is 0. The van der Waals surface area contributed by atoms with Crippen LogP contribution in [0.4, 0.5) is 5.69 Å². The highest BCUT2D eigenvalue weighted by Gasteiger charge is 2.20. The van der Waals surface area contributed by atoms with Crippen molar-refractivity contribution < 1.29 is 19.1 Å². The van der Waals surface area contributed by atoms with Crippen LogP contribution in [0.1, 0.15) is 41.3 Å². The average Bonchev–Trinajstić information content (AvgIpc) is 3.12. The largest absolute Gasteiger partial charge is 0.463 e. The zero-order valence-electron chi connectivity index (χ0n) is 16.4. The van der Waals surface area contributed by atoms with E-state index in [9.17, 15) is 14.4 Å². The molecule has 150 valence electrons. The van der Waals surface area contributed by atoms with E-state index in [4.69, 9.17) is 4.74 Å². The van der Waals surface area contributed by atoms with Gasteiger partial charge in [0.25, 0.3) is 5.91 Å². The molecule has 3 rings (SSSR count). The Labute approximate surface area is 170 Å². The van der Waals surface area contributed by atoms with Crippen molar-refractivity contribution in [2.24, 2.45) is 0 Å². The van der Waals surface area contributed by atoms with Crippen molar-refractivity contribution >= 4 is 29.5 Å². The summed E-state index contributed by atoms with van der Waals surface area (Å²) in [5.41, 5.74) is 2.96. The first-order chi connectivity index (χ1) is 14.0. The van der Waals surface area contributed by atoms with Crippen molar-refractivity contribution in [1.29, 1.82) is 0 Å². The molecule has 2 aromatic carbocycles. The van der Waals surface area contributed by atoms with Crippen molar-refractivity contribution in [3.63, 3.8) is 0 Å². The number of ether oxygens (including phenoxy) is 1. The first-order valence-electron chi connectivity index (χ1n) is 9.68. The lowest BCUT2D eigenvalue weighted by molar-refractivity contribution is -0.137. The lowest BCUT2D eigenvalue weighted by Gasteiger charge is -2.16. The van der Waals surface area contributed by atoms with Crippen LogP contribution in [-0.4, -0.2) is 35.8 Å². The van der Waals surface area contributed by atoms with E-state index in [0.29, 0.717) is 30.8 Å². The highest BCUT2D eigenvalue weighted by molar-refractivity contribution is 6.04. The fraction of sp³-hybridized carbons (Fsp3) is 0.261. The second-order valence-corrected chi connectivity index (χ2v) is 6.78. The minimum Gasteiger partial charge on any atom is -0.463 e. The van der Waals surface area contributed by atoms with Crippen LogP contribution in [0.5, 0.6) is 0 Å². The Morgan fingerprint density at radius 1 is 1.17 bits per heavy atom. The van der Waals surface area contributed by atoms with E-state index in [-0.39, 0.29) is 17.8 Å². The van der Waals surface area contributed by atoms with Crippen LogP contribution in [0, 0.1) is 0 Å². The molecule has 0 bridgehead atoms. The van der Waals surface area contributed by atoms with Gasteiger partial charge in [-0.15, -0.1) is 0 Å². The van der Waals surface area contributed by atoms with Gasteiger partial charge in [-0.25, -0.2) is 4.79 Å². The number of carbonyl (C=O) groups excluding carboxylic acids is 3. The van der Waals surface area contributed by atoms with E-state index < -0.39 is 0 Å². The predicted octanol–water partition coefficient (Wildman–Crippen LogP) is 3.64. The van der Waals surface area contributed by atoms with Crippen LogP contribution in [0.3, 0.4) is 0 Å². The second-order valence-electron chi connectivity index (χ2n) is 6.78. The molecule has 2 amide bonds. The summed E-state index contributed by atoms with van der Waals surface area (Å²) in [4.78, 5) is 37.5. The predicted molar refractivity (Wildman–Crippen MR) is 111 cm³/mol. The second kappa shape index (κ2) is 9.68. The number of rotatable bonds is 7. The molecule has 0 saturated carbocycles. The fourth-order valence-electron chi connectivity index (χ4n) is 3.14. The van der Waals surface area contributed by atoms with E-state index in [1.165, 1.54) is 6.08 Å². The van der Waals surface area contributed by atoms with Crippen molar-refractivity contribution in [3.8, 4) is 0 Å². The Bertz CT molecular complexity index is 919. The number of benzene rings is 2. The first kappa shape index (κ1) is 20.3. The quantitative estimate of drug-likeness (QED) is 0.577. The molecule has 1 N–H and O–H groups in total. The number of esters is 1. The molecule has 0 radical (unpaired) electrons. The zero-order valence-corrected chi connectivity index (χ0v) is 16.4. The van der Waals surface area contributed by atoms with Gasteiger partial charge in [-0.05, 0) is 54.8 Å². The third kappa shape index (κ3) is 5.78. The summed E-state index contributed by atoms with van der Waals surface area (Å²) in [6.07, 6.45) is 4.52. The van der Waals surface area contributed by atoms with Gasteiger partial charge in [-0.3, -0.25) is 9.59 Å². The molecule has 1 aliphatic heterocycles. The van der Waals surface area contributed by atoms with Crippen molar-refractivity contribution in [2.75, 3.05) is 18.5 Å². The summed E-state index contributed by atoms with van der Waals surface area (Å²) < 4.78 is 4.84. The fourth-order valence-corrected chi connectivity index (χ4v) is 3.14. The standard InChI is InChI=1S/C23H24N2O4/c1-2-29-22(27)13-10-17-8-11-20(12-9-17)24-23(28)19-6-3-5-18(15-19)16-25-14-4-7-21(25)26/h3,5-6,8-13,15H,2,4,7,14,16H2,1H3,(H,24,28). The number of hydrogen-bond acceptors (Lipinski definition) is 4. The molecule has 0 spiro atoms. The van der Waals surface area contributed by atoms with Crippen molar-refractivity contribution in [2.45, 2.75) is 26.3 Å². The monoisotopic (exact) mass is 392 g/mol. The summed E-state index contributed by atoms with van der Waals surface area (Å²) in [5, 5.41) is 2.87. The number of nitrogens with one attached hydrogen (secondary N) is 1. The number of nitrogens with zero attached hydrogens (tertiary/aromatic N) is 1. The maximum atomic E-state index is 12.6. The van der Waals surface area contributed by atoms with Crippen LogP contribution in [0.25, 0.3) is 6.08 Å². The normalized spacial score (nSPS) is 13.7. The molecular weight excluding hydrogens is 368 g/mol. The molecule has 0 aromatic heterocycles. The topological polar surface area (TPSA) is 75.7 Å². The summed E-state index contributed by atoms with van der Waals surface area (Å²) in [6.45, 7) is 3.39. The molecule has 0 unspecified atom stereocenters. The Hall–Kier alpha value is -3.41. The van der Waals surface area contributed by atoms with Gasteiger partial charge in [-0.1, -0.05) is 24.3 Å². The summed E-state index contributed by atoms with van der Waals surface area (Å²) in [7, 11) is 0. The Balaban J connectivity index is 1.60. The van der Waals surface area contributed by atoms with Gasteiger partial charge >= 0.3 is 5.97 Å². The Kier molecular flexibility index (Phi) is 6.79. The highest BCUT2D eigenvalue weighted by Crippen LogP contribution is 2.17. The van der Waals surface area contributed by atoms with Crippen LogP contribution >= 0.6 is 0 Å². The molecule has 1 heterocycles. The molecule has 1 aliphatic rings. The molecule has 1 saturated heterocycles. The minimum atomic E-state index is -0.389. The number of hydrogen-bond donors (Lipinski definition) is 1. The highest BCUT2D eigenvalue weighted by atomic mass is 16.5. The molecule has 29 heavy (non-hydrogen) atoms. The Morgan fingerprint density at radius 3 is 2.66 bits per heavy atom. The number of anilines is 1. The number of carbonyl (C=O) groups is 3. The molecule has 1 fully saturated rings. The van der Waals surface area contributed by atoms with E-state index >= 15 is 0 Å². The third-order valence-corrected chi connectivity index (χ3v) is 4.60. The van der Waals surface area contributed by atoms with Crippen molar-refractivity contribution in [3.05, 3.63) is 71.3 Å². The van der Waals surface area contributed by atoms with Gasteiger partial charge in [0, 0.05) is 36.8 Å². The molecular formula is C23H24N2O4. The average molecular weight is 392 g/mol. The van der Waals surface area contributed by atoms with E-state index in [1.807, 2.05) is 23.1 Å². The van der Waals surface area contributed by atoms with Crippen LogP contribution < -0.4 is 5.32 Å². The van der Waals surface area contributed by atoms with Gasteiger partial charge in [0.05, 0.1) is 6.61 Å². The van der Waals surface area contributed by atoms with Gasteiger partial charge in [0.1, 0.15) is 0 Å². The lowest BCUT2D eigenvalue weighted by atomic mass is 10.1. The summed E-state index contributed by atoms with van der Waals surface area (Å²) in [6, 6.07) is 14.5. The van der Waals surface area contributed by atoms with Crippen LogP contribution in [0.15, 0.2) is 54.6 Å². The third-order valence-electron chi connectivity index (χ3n) is 4.60. The summed E-state index contributed by atoms with van der Waals surface area (Å²) in [5.74, 6) is -0.438. The maximum Gasteiger partial charge on any atom is 0.330 e. The van der Waals surface area contributed by atoms with E-state index in [2.05, 4.69) is 5.32 Å². The van der Waals surface area contributed by atoms with Crippen molar-refractivity contribution in [1.82, 2.24) is 4.90 Å². The molecule has 6 heteroatoms. The van der Waals surface area contributed by atoms with Gasteiger partial charge in [-0.2, -0.15) is 0 Å². The van der Waals surface area contributed by atoms with Gasteiger partial charge < -0.3 is 15.0 Å². The molecule has 2 aromatic rings. The van der Waals surface area contributed by atoms with E-state index in [0.717, 1.165) is 24.1 Å². The smallest absolute Gasteiger partial charge is 0.330 e. The number of likely N-dealkylation sites (tertiary alicyclic amines) is 1. The maximum absolute atomic E-state index is 12.6. The van der Waals surface area contributed by atoms with E-state index in [1.54, 1.807) is 43.3 Å². The van der Waals surface area contributed by atoms with Crippen LogP contribution in [0.2, 0.25) is 0 Å². The molecule has 6 nitrogen and oxygen atoms in total. The molecule has 0 atom stereocenters. The number of amides is 2. The SMILES string of the molecule is CCOC(=O)C=Cc1ccc(NC(=O)c2cccc(CN3CCCC3=O)c2)cc1. The molecule has 0 aliphatic carbocycles. The van der Waals surface area contributed by atoms with Gasteiger partial charge in [0.2, 0.25) is 5.91 Å². The van der Waals surface area contributed by atoms with Crippen LogP contribution in [-0.2, 0) is 20.9 Å². The zero-order chi connectivity index (χ0) is 20.6. The Morgan fingerprint density at radius 2 is 1.97 bits per heavy atom. The first-order valence-corrected chi connectivity index (χ1v) is 9.68. The lowest BCUT2D eigenvalue weighted by Crippen LogP contribution is -2.24.